The second-order valence-electron chi connectivity index (χ2n) is 10.7. The molecule has 2 aromatic rings. The highest BCUT2D eigenvalue weighted by molar-refractivity contribution is 5.66. The molecule has 0 bridgehead atoms. The van der Waals surface area contributed by atoms with E-state index in [9.17, 15) is 4.79 Å². The molecule has 2 saturated heterocycles. The zero-order valence-corrected chi connectivity index (χ0v) is 20.5. The number of piperidine rings is 1. The maximum absolute atomic E-state index is 11.0. The number of hydrogen-bond acceptors (Lipinski definition) is 5. The van der Waals surface area contributed by atoms with E-state index in [-0.39, 0.29) is 17.9 Å². The Hall–Kier alpha value is -2.41. The van der Waals surface area contributed by atoms with Gasteiger partial charge in [0.05, 0.1) is 19.6 Å². The SMILES string of the molecule is O=C(O)CCN1CCC(CN[C@@H]2CC2c2ccccc2)(Cc2cccc(O[C@@H]3CCOC3)c2)CC1. The van der Waals surface area contributed by atoms with E-state index in [0.29, 0.717) is 25.1 Å². The van der Waals surface area contributed by atoms with Crippen molar-refractivity contribution in [2.45, 2.75) is 56.6 Å². The minimum absolute atomic E-state index is 0.156. The van der Waals surface area contributed by atoms with Crippen molar-refractivity contribution in [3.8, 4) is 5.75 Å². The molecule has 3 aliphatic rings. The molecule has 2 aromatic carbocycles. The number of likely N-dealkylation sites (tertiary alicyclic amines) is 1. The van der Waals surface area contributed by atoms with E-state index in [4.69, 9.17) is 14.6 Å². The molecule has 3 fully saturated rings. The summed E-state index contributed by atoms with van der Waals surface area (Å²) in [5.74, 6) is 0.842. The number of carboxylic acids is 1. The molecule has 0 spiro atoms. The van der Waals surface area contributed by atoms with Crippen molar-refractivity contribution in [1.29, 1.82) is 0 Å². The molecule has 0 aromatic heterocycles. The van der Waals surface area contributed by atoms with Gasteiger partial charge < -0.3 is 24.8 Å². The first kappa shape index (κ1) is 24.3. The molecule has 35 heavy (non-hydrogen) atoms. The average Bonchev–Trinajstić information content (AvgIpc) is 3.48. The highest BCUT2D eigenvalue weighted by Crippen LogP contribution is 2.42. The van der Waals surface area contributed by atoms with Crippen LogP contribution in [0.3, 0.4) is 0 Å². The van der Waals surface area contributed by atoms with Gasteiger partial charge in [0.25, 0.3) is 0 Å². The maximum Gasteiger partial charge on any atom is 0.304 e. The third-order valence-corrected chi connectivity index (χ3v) is 7.98. The molecular formula is C29H38N2O4. The summed E-state index contributed by atoms with van der Waals surface area (Å²) in [6.45, 7) is 5.01. The van der Waals surface area contributed by atoms with Gasteiger partial charge in [-0.25, -0.2) is 0 Å². The van der Waals surface area contributed by atoms with E-state index in [1.807, 2.05) is 0 Å². The molecule has 6 heteroatoms. The molecule has 2 aliphatic heterocycles. The van der Waals surface area contributed by atoms with Gasteiger partial charge in [-0.2, -0.15) is 0 Å². The predicted octanol–water partition coefficient (Wildman–Crippen LogP) is 4.10. The van der Waals surface area contributed by atoms with Crippen molar-refractivity contribution >= 4 is 5.97 Å². The van der Waals surface area contributed by atoms with Crippen molar-refractivity contribution in [2.24, 2.45) is 5.41 Å². The molecule has 3 atom stereocenters. The number of carboxylic acid groups (broad SMARTS) is 1. The van der Waals surface area contributed by atoms with Gasteiger partial charge in [0, 0.05) is 31.5 Å². The zero-order valence-electron chi connectivity index (χ0n) is 20.5. The summed E-state index contributed by atoms with van der Waals surface area (Å²) in [5, 5.41) is 13.0. The third kappa shape index (κ3) is 6.63. The first-order valence-electron chi connectivity index (χ1n) is 13.1. The Kier molecular flexibility index (Phi) is 7.71. The van der Waals surface area contributed by atoms with Crippen LogP contribution in [-0.4, -0.2) is 67.5 Å². The van der Waals surface area contributed by atoms with Crippen molar-refractivity contribution in [2.75, 3.05) is 39.4 Å². The fourth-order valence-corrected chi connectivity index (χ4v) is 5.72. The molecule has 1 aliphatic carbocycles. The molecule has 2 N–H and O–H groups in total. The summed E-state index contributed by atoms with van der Waals surface area (Å²) < 4.78 is 11.6. The standard InChI is InChI=1S/C29H38N2O4/c32-28(33)9-13-31-14-11-29(12-15-31,21-30-27-18-26(27)23-6-2-1-3-7-23)19-22-5-4-8-24(17-22)35-25-10-16-34-20-25/h1-8,17,25-27,30H,9-16,18-21H2,(H,32,33)/t25-,26?,27-/m1/s1. The number of aliphatic carboxylic acids is 1. The second-order valence-corrected chi connectivity index (χ2v) is 10.7. The normalized spacial score (nSPS) is 25.9. The van der Waals surface area contributed by atoms with Gasteiger partial charge in [0.2, 0.25) is 0 Å². The van der Waals surface area contributed by atoms with Crippen LogP contribution in [0.25, 0.3) is 0 Å². The fraction of sp³-hybridized carbons (Fsp3) is 0.552. The lowest BCUT2D eigenvalue weighted by molar-refractivity contribution is -0.137. The maximum atomic E-state index is 11.0. The third-order valence-electron chi connectivity index (χ3n) is 7.98. The number of nitrogens with one attached hydrogen (secondary N) is 1. The van der Waals surface area contributed by atoms with Crippen molar-refractivity contribution in [3.05, 3.63) is 65.7 Å². The molecular weight excluding hydrogens is 440 g/mol. The number of nitrogens with zero attached hydrogens (tertiary/aromatic N) is 1. The minimum Gasteiger partial charge on any atom is -0.488 e. The number of benzene rings is 2. The van der Waals surface area contributed by atoms with Crippen LogP contribution in [-0.2, 0) is 16.0 Å². The van der Waals surface area contributed by atoms with Crippen LogP contribution in [0.2, 0.25) is 0 Å². The lowest BCUT2D eigenvalue weighted by atomic mass is 9.73. The van der Waals surface area contributed by atoms with Gasteiger partial charge in [0.15, 0.2) is 0 Å². The highest BCUT2D eigenvalue weighted by atomic mass is 16.5. The molecule has 1 saturated carbocycles. The van der Waals surface area contributed by atoms with Gasteiger partial charge >= 0.3 is 5.97 Å². The first-order chi connectivity index (χ1) is 17.1. The molecule has 0 amide bonds. The van der Waals surface area contributed by atoms with Crippen molar-refractivity contribution in [3.63, 3.8) is 0 Å². The Morgan fingerprint density at radius 1 is 1.14 bits per heavy atom. The van der Waals surface area contributed by atoms with E-state index >= 15 is 0 Å². The van der Waals surface area contributed by atoms with E-state index in [1.54, 1.807) is 0 Å². The van der Waals surface area contributed by atoms with Crippen molar-refractivity contribution < 1.29 is 19.4 Å². The summed E-state index contributed by atoms with van der Waals surface area (Å²) in [5.41, 5.74) is 2.92. The summed E-state index contributed by atoms with van der Waals surface area (Å²) in [4.78, 5) is 13.4. The Labute approximate surface area is 208 Å². The Bertz CT molecular complexity index is 968. The Balaban J connectivity index is 1.23. The van der Waals surface area contributed by atoms with Gasteiger partial charge in [-0.3, -0.25) is 4.79 Å². The number of carbonyl (C=O) groups is 1. The van der Waals surface area contributed by atoms with Crippen molar-refractivity contribution in [1.82, 2.24) is 10.2 Å². The van der Waals surface area contributed by atoms with E-state index in [2.05, 4.69) is 64.8 Å². The Morgan fingerprint density at radius 2 is 1.97 bits per heavy atom. The van der Waals surface area contributed by atoms with Crippen LogP contribution >= 0.6 is 0 Å². The quantitative estimate of drug-likeness (QED) is 0.507. The molecule has 188 valence electrons. The lowest BCUT2D eigenvalue weighted by Crippen LogP contribution is -2.47. The summed E-state index contributed by atoms with van der Waals surface area (Å²) >= 11 is 0. The van der Waals surface area contributed by atoms with Gasteiger partial charge in [-0.1, -0.05) is 42.5 Å². The fourth-order valence-electron chi connectivity index (χ4n) is 5.72. The number of hydrogen-bond donors (Lipinski definition) is 2. The van der Waals surface area contributed by atoms with Crippen LogP contribution in [0.4, 0.5) is 0 Å². The molecule has 1 unspecified atom stereocenters. The van der Waals surface area contributed by atoms with Gasteiger partial charge in [-0.05, 0) is 67.4 Å². The molecule has 2 heterocycles. The monoisotopic (exact) mass is 478 g/mol. The van der Waals surface area contributed by atoms with Crippen LogP contribution in [0, 0.1) is 5.41 Å². The molecule has 0 radical (unpaired) electrons. The summed E-state index contributed by atoms with van der Waals surface area (Å²) in [6, 6.07) is 20.0. The summed E-state index contributed by atoms with van der Waals surface area (Å²) in [7, 11) is 0. The van der Waals surface area contributed by atoms with Crippen LogP contribution in [0.15, 0.2) is 54.6 Å². The smallest absolute Gasteiger partial charge is 0.304 e. The molecule has 5 rings (SSSR count). The predicted molar refractivity (Wildman–Crippen MR) is 136 cm³/mol. The number of ether oxygens (including phenoxy) is 2. The summed E-state index contributed by atoms with van der Waals surface area (Å²) in [6.07, 6.45) is 5.69. The zero-order chi connectivity index (χ0) is 24.1. The minimum atomic E-state index is -0.714. The van der Waals surface area contributed by atoms with E-state index < -0.39 is 5.97 Å². The Morgan fingerprint density at radius 3 is 2.71 bits per heavy atom. The lowest BCUT2D eigenvalue weighted by Gasteiger charge is -2.42. The average molecular weight is 479 g/mol. The molecule has 6 nitrogen and oxygen atoms in total. The first-order valence-corrected chi connectivity index (χ1v) is 13.1. The van der Waals surface area contributed by atoms with E-state index in [1.165, 1.54) is 17.5 Å². The topological polar surface area (TPSA) is 71.0 Å². The largest absolute Gasteiger partial charge is 0.488 e. The number of rotatable bonds is 11. The van der Waals surface area contributed by atoms with Crippen LogP contribution in [0.1, 0.15) is 49.1 Å². The van der Waals surface area contributed by atoms with Crippen LogP contribution in [0.5, 0.6) is 5.75 Å². The van der Waals surface area contributed by atoms with Crippen LogP contribution < -0.4 is 10.1 Å². The van der Waals surface area contributed by atoms with Gasteiger partial charge in [-0.15, -0.1) is 0 Å². The second kappa shape index (κ2) is 11.1. The highest BCUT2D eigenvalue weighted by Gasteiger charge is 2.41. The van der Waals surface area contributed by atoms with E-state index in [0.717, 1.165) is 57.7 Å². The van der Waals surface area contributed by atoms with Gasteiger partial charge in [0.1, 0.15) is 11.9 Å².